The molecule has 29 heavy (non-hydrogen) atoms. The van der Waals surface area contributed by atoms with Gasteiger partial charge in [0.25, 0.3) is 0 Å². The van der Waals surface area contributed by atoms with E-state index < -0.39 is 10.0 Å². The molecule has 1 N–H and O–H groups in total. The molecule has 0 saturated carbocycles. The van der Waals surface area contributed by atoms with Gasteiger partial charge >= 0.3 is 0 Å². The van der Waals surface area contributed by atoms with E-state index in [9.17, 15) is 8.42 Å². The number of nitrogens with zero attached hydrogens (tertiary/aromatic N) is 3. The maximum absolute atomic E-state index is 12.8. The van der Waals surface area contributed by atoms with E-state index in [1.807, 2.05) is 49.5 Å². The van der Waals surface area contributed by atoms with Crippen LogP contribution < -0.4 is 5.32 Å². The van der Waals surface area contributed by atoms with Gasteiger partial charge in [0.05, 0.1) is 16.8 Å². The van der Waals surface area contributed by atoms with E-state index >= 15 is 0 Å². The molecular formula is C22H24N4O2S. The van der Waals surface area contributed by atoms with Gasteiger partial charge in [-0.2, -0.15) is 4.31 Å². The molecule has 6 nitrogen and oxygen atoms in total. The fraction of sp³-hybridized carbons (Fsp3) is 0.273. The Bertz CT molecular complexity index is 1060. The Kier molecular flexibility index (Phi) is 5.60. The first kappa shape index (κ1) is 19.5. The van der Waals surface area contributed by atoms with Crippen LogP contribution in [0, 0.1) is 6.92 Å². The van der Waals surface area contributed by atoms with Crippen molar-refractivity contribution in [1.29, 1.82) is 0 Å². The summed E-state index contributed by atoms with van der Waals surface area (Å²) in [6.45, 7) is 2.98. The summed E-state index contributed by atoms with van der Waals surface area (Å²) in [7, 11) is -3.42. The van der Waals surface area contributed by atoms with E-state index in [1.165, 1.54) is 0 Å². The molecule has 7 heteroatoms. The number of piperidine rings is 1. The zero-order valence-corrected chi connectivity index (χ0v) is 17.1. The Labute approximate surface area is 171 Å². The minimum Gasteiger partial charge on any atom is -0.339 e. The highest BCUT2D eigenvalue weighted by Gasteiger charge is 2.30. The van der Waals surface area contributed by atoms with Crippen LogP contribution in [0.1, 0.15) is 30.1 Å². The number of sulfonamides is 1. The van der Waals surface area contributed by atoms with Crippen molar-refractivity contribution in [3.05, 3.63) is 78.2 Å². The first-order valence-electron chi connectivity index (χ1n) is 9.74. The van der Waals surface area contributed by atoms with Gasteiger partial charge in [-0.1, -0.05) is 24.3 Å². The summed E-state index contributed by atoms with van der Waals surface area (Å²) in [5.74, 6) is 1.06. The largest absolute Gasteiger partial charge is 0.339 e. The predicted molar refractivity (Wildman–Crippen MR) is 114 cm³/mol. The molecule has 0 atom stereocenters. The average molecular weight is 409 g/mol. The van der Waals surface area contributed by atoms with Crippen LogP contribution in [0.2, 0.25) is 0 Å². The van der Waals surface area contributed by atoms with Crippen LogP contribution in [0.15, 0.2) is 71.8 Å². The van der Waals surface area contributed by atoms with Crippen molar-refractivity contribution < 1.29 is 8.42 Å². The van der Waals surface area contributed by atoms with Crippen molar-refractivity contribution in [2.75, 3.05) is 18.4 Å². The van der Waals surface area contributed by atoms with Crippen LogP contribution in [-0.4, -0.2) is 35.8 Å². The lowest BCUT2D eigenvalue weighted by molar-refractivity contribution is 0.316. The summed E-state index contributed by atoms with van der Waals surface area (Å²) in [5, 5.41) is 3.26. The highest BCUT2D eigenvalue weighted by Crippen LogP contribution is 2.30. The number of anilines is 2. The number of hydrogen-bond acceptors (Lipinski definition) is 5. The number of benzene rings is 1. The summed E-state index contributed by atoms with van der Waals surface area (Å²) in [6, 6.07) is 18.5. The van der Waals surface area contributed by atoms with Gasteiger partial charge in [-0.3, -0.25) is 4.98 Å². The molecule has 1 aliphatic heterocycles. The van der Waals surface area contributed by atoms with Crippen molar-refractivity contribution in [3.8, 4) is 0 Å². The van der Waals surface area contributed by atoms with E-state index in [0.717, 1.165) is 35.7 Å². The van der Waals surface area contributed by atoms with Gasteiger partial charge in [0, 0.05) is 30.4 Å². The highest BCUT2D eigenvalue weighted by atomic mass is 32.2. The van der Waals surface area contributed by atoms with E-state index in [-0.39, 0.29) is 5.92 Å². The quantitative estimate of drug-likeness (QED) is 0.688. The number of hydrogen-bond donors (Lipinski definition) is 1. The van der Waals surface area contributed by atoms with Gasteiger partial charge < -0.3 is 5.32 Å². The lowest BCUT2D eigenvalue weighted by Gasteiger charge is -2.31. The third kappa shape index (κ3) is 4.46. The molecule has 150 valence electrons. The lowest BCUT2D eigenvalue weighted by Crippen LogP contribution is -2.38. The topological polar surface area (TPSA) is 75.2 Å². The van der Waals surface area contributed by atoms with Crippen LogP contribution in [0.25, 0.3) is 0 Å². The molecule has 1 aromatic carbocycles. The summed E-state index contributed by atoms with van der Waals surface area (Å²) < 4.78 is 27.1. The normalized spacial score (nSPS) is 15.9. The van der Waals surface area contributed by atoms with Gasteiger partial charge in [0.2, 0.25) is 10.0 Å². The molecule has 0 aliphatic carbocycles. The van der Waals surface area contributed by atoms with Gasteiger partial charge in [-0.25, -0.2) is 13.4 Å². The van der Waals surface area contributed by atoms with Crippen LogP contribution in [0.4, 0.5) is 11.5 Å². The fourth-order valence-electron chi connectivity index (χ4n) is 3.61. The average Bonchev–Trinajstić information content (AvgIpc) is 2.75. The standard InChI is InChI=1S/C22H24N4O2S/c1-17-6-5-9-22(24-17)25-19-10-11-21(23-16-19)18-12-14-26(15-13-18)29(27,28)20-7-3-2-4-8-20/h2-11,16,18H,12-15H2,1H3,(H,24,25). The molecule has 1 aliphatic rings. The lowest BCUT2D eigenvalue weighted by atomic mass is 9.94. The maximum Gasteiger partial charge on any atom is 0.243 e. The van der Waals surface area contributed by atoms with Gasteiger partial charge in [0.15, 0.2) is 0 Å². The van der Waals surface area contributed by atoms with Gasteiger partial charge in [-0.05, 0) is 56.2 Å². The maximum atomic E-state index is 12.8. The fourth-order valence-corrected chi connectivity index (χ4v) is 5.11. The summed E-state index contributed by atoms with van der Waals surface area (Å²) in [4.78, 5) is 9.40. The molecule has 4 rings (SSSR count). The number of aromatic nitrogens is 2. The summed E-state index contributed by atoms with van der Waals surface area (Å²) >= 11 is 0. The second-order valence-electron chi connectivity index (χ2n) is 7.25. The zero-order chi connectivity index (χ0) is 20.3. The van der Waals surface area contributed by atoms with E-state index in [4.69, 9.17) is 0 Å². The summed E-state index contributed by atoms with van der Waals surface area (Å²) in [6.07, 6.45) is 3.35. The Morgan fingerprint density at radius 1 is 0.966 bits per heavy atom. The molecule has 0 radical (unpaired) electrons. The summed E-state index contributed by atoms with van der Waals surface area (Å²) in [5.41, 5.74) is 2.84. The minimum atomic E-state index is -3.42. The Morgan fingerprint density at radius 3 is 2.38 bits per heavy atom. The Balaban J connectivity index is 1.39. The number of aryl methyl sites for hydroxylation is 1. The molecule has 0 bridgehead atoms. The van der Waals surface area contributed by atoms with Crippen LogP contribution in [0.3, 0.4) is 0 Å². The molecule has 0 unspecified atom stereocenters. The first-order valence-corrected chi connectivity index (χ1v) is 11.2. The van der Waals surface area contributed by atoms with Crippen molar-refractivity contribution in [2.24, 2.45) is 0 Å². The number of rotatable bonds is 5. The van der Waals surface area contributed by atoms with E-state index in [0.29, 0.717) is 18.0 Å². The molecule has 3 heterocycles. The smallest absolute Gasteiger partial charge is 0.243 e. The van der Waals surface area contributed by atoms with Crippen LogP contribution >= 0.6 is 0 Å². The third-order valence-electron chi connectivity index (χ3n) is 5.20. The SMILES string of the molecule is Cc1cccc(Nc2ccc(C3CCN(S(=O)(=O)c4ccccc4)CC3)nc2)n1. The first-order chi connectivity index (χ1) is 14.0. The van der Waals surface area contributed by atoms with Crippen LogP contribution in [0.5, 0.6) is 0 Å². The second-order valence-corrected chi connectivity index (χ2v) is 9.19. The molecule has 0 amide bonds. The molecule has 3 aromatic rings. The van der Waals surface area contributed by atoms with Crippen molar-refractivity contribution in [2.45, 2.75) is 30.6 Å². The monoisotopic (exact) mass is 408 g/mol. The van der Waals surface area contributed by atoms with Crippen molar-refractivity contribution >= 4 is 21.5 Å². The third-order valence-corrected chi connectivity index (χ3v) is 7.11. The Morgan fingerprint density at radius 2 is 1.72 bits per heavy atom. The van der Waals surface area contributed by atoms with Crippen molar-refractivity contribution in [1.82, 2.24) is 14.3 Å². The molecule has 1 saturated heterocycles. The number of pyridine rings is 2. The highest BCUT2D eigenvalue weighted by molar-refractivity contribution is 7.89. The molecule has 1 fully saturated rings. The van der Waals surface area contributed by atoms with Gasteiger partial charge in [0.1, 0.15) is 5.82 Å². The molecular weight excluding hydrogens is 384 g/mol. The van der Waals surface area contributed by atoms with E-state index in [2.05, 4.69) is 15.3 Å². The Hall–Kier alpha value is -2.77. The zero-order valence-electron chi connectivity index (χ0n) is 16.3. The number of nitrogens with one attached hydrogen (secondary N) is 1. The second kappa shape index (κ2) is 8.31. The van der Waals surface area contributed by atoms with Crippen molar-refractivity contribution in [3.63, 3.8) is 0 Å². The molecule has 2 aromatic heterocycles. The predicted octanol–water partition coefficient (Wildman–Crippen LogP) is 4.10. The minimum absolute atomic E-state index is 0.267. The van der Waals surface area contributed by atoms with Crippen LogP contribution in [-0.2, 0) is 10.0 Å². The van der Waals surface area contributed by atoms with E-state index in [1.54, 1.807) is 28.6 Å². The van der Waals surface area contributed by atoms with Gasteiger partial charge in [-0.15, -0.1) is 0 Å². The molecule has 0 spiro atoms.